The van der Waals surface area contributed by atoms with E-state index >= 15 is 0 Å². The van der Waals surface area contributed by atoms with Crippen LogP contribution < -0.4 is 14.2 Å². The van der Waals surface area contributed by atoms with Crippen molar-refractivity contribution >= 4 is 0 Å². The Balaban J connectivity index is 1.71. The first-order valence-corrected chi connectivity index (χ1v) is 8.82. The maximum atomic E-state index is 8.62. The van der Waals surface area contributed by atoms with E-state index in [0.717, 1.165) is 11.5 Å². The fraction of sp³-hybridized carbons (Fsp3) is 0.400. The molecule has 148 valence electrons. The van der Waals surface area contributed by atoms with E-state index in [2.05, 4.69) is 0 Å². The zero-order chi connectivity index (χ0) is 19.2. The summed E-state index contributed by atoms with van der Waals surface area (Å²) < 4.78 is 27.1. The third-order valence-electron chi connectivity index (χ3n) is 3.35. The van der Waals surface area contributed by atoms with Gasteiger partial charge in [-0.2, -0.15) is 0 Å². The highest BCUT2D eigenvalue weighted by atomic mass is 16.5. The molecule has 0 aliphatic heterocycles. The van der Waals surface area contributed by atoms with E-state index in [1.165, 1.54) is 0 Å². The monoisotopic (exact) mass is 378 g/mol. The predicted octanol–water partition coefficient (Wildman–Crippen LogP) is 2.25. The van der Waals surface area contributed by atoms with Crippen LogP contribution in [0.15, 0.2) is 48.5 Å². The highest BCUT2D eigenvalue weighted by Gasteiger charge is 2.01. The Labute approximate surface area is 159 Å². The average molecular weight is 378 g/mol. The first-order chi connectivity index (χ1) is 13.3. The number of aliphatic hydroxyl groups is 2. The van der Waals surface area contributed by atoms with Gasteiger partial charge in [0, 0.05) is 0 Å². The summed E-state index contributed by atoms with van der Waals surface area (Å²) in [7, 11) is 0. The van der Waals surface area contributed by atoms with Crippen molar-refractivity contribution in [1.82, 2.24) is 0 Å². The molecule has 0 atom stereocenters. The van der Waals surface area contributed by atoms with Gasteiger partial charge in [-0.3, -0.25) is 0 Å². The largest absolute Gasteiger partial charge is 0.491 e. The molecular formula is C20H26O7. The lowest BCUT2D eigenvalue weighted by Crippen LogP contribution is -2.09. The summed E-state index contributed by atoms with van der Waals surface area (Å²) in [5.41, 5.74) is 0. The molecule has 0 unspecified atom stereocenters. The fourth-order valence-electron chi connectivity index (χ4n) is 2.11. The summed E-state index contributed by atoms with van der Waals surface area (Å²) in [6.07, 6.45) is 0. The van der Waals surface area contributed by atoms with Gasteiger partial charge in [-0.25, -0.2) is 0 Å². The van der Waals surface area contributed by atoms with Gasteiger partial charge in [-0.15, -0.1) is 0 Å². The highest BCUT2D eigenvalue weighted by molar-refractivity contribution is 5.37. The van der Waals surface area contributed by atoms with Crippen LogP contribution in [0.2, 0.25) is 0 Å². The second kappa shape index (κ2) is 12.9. The van der Waals surface area contributed by atoms with Crippen molar-refractivity contribution in [3.8, 4) is 23.0 Å². The van der Waals surface area contributed by atoms with Gasteiger partial charge in [0.15, 0.2) is 0 Å². The van der Waals surface area contributed by atoms with Gasteiger partial charge in [0.2, 0.25) is 0 Å². The summed E-state index contributed by atoms with van der Waals surface area (Å²) in [5, 5.41) is 17.2. The Hall–Kier alpha value is -2.32. The molecule has 27 heavy (non-hydrogen) atoms. The molecule has 0 amide bonds. The van der Waals surface area contributed by atoms with E-state index in [9.17, 15) is 0 Å². The number of rotatable bonds is 14. The molecule has 0 spiro atoms. The number of hydrogen-bond donors (Lipinski definition) is 2. The molecule has 0 saturated carbocycles. The fourth-order valence-corrected chi connectivity index (χ4v) is 2.11. The summed E-state index contributed by atoms with van der Waals surface area (Å²) in [6.45, 7) is 2.37. The van der Waals surface area contributed by atoms with E-state index in [1.54, 1.807) is 0 Å². The molecule has 0 heterocycles. The van der Waals surface area contributed by atoms with Crippen LogP contribution in [0.5, 0.6) is 23.0 Å². The van der Waals surface area contributed by atoms with Crippen LogP contribution >= 0.6 is 0 Å². The van der Waals surface area contributed by atoms with Gasteiger partial charge in [0.25, 0.3) is 0 Å². The van der Waals surface area contributed by atoms with Crippen LogP contribution in [0.25, 0.3) is 0 Å². The summed E-state index contributed by atoms with van der Waals surface area (Å²) in [4.78, 5) is 0. The second-order valence-corrected chi connectivity index (χ2v) is 5.41. The molecule has 0 saturated heterocycles. The van der Waals surface area contributed by atoms with E-state index in [4.69, 9.17) is 33.9 Å². The van der Waals surface area contributed by atoms with Crippen molar-refractivity contribution in [3.05, 3.63) is 48.5 Å². The van der Waals surface area contributed by atoms with Gasteiger partial charge in [-0.05, 0) is 48.5 Å². The first kappa shape index (κ1) is 21.0. The number of aliphatic hydroxyl groups excluding tert-OH is 2. The second-order valence-electron chi connectivity index (χ2n) is 5.41. The zero-order valence-corrected chi connectivity index (χ0v) is 15.2. The summed E-state index contributed by atoms with van der Waals surface area (Å²) in [6, 6.07) is 14.6. The summed E-state index contributed by atoms with van der Waals surface area (Å²) in [5.74, 6) is 2.85. The molecule has 7 nitrogen and oxygen atoms in total. The van der Waals surface area contributed by atoms with Crippen molar-refractivity contribution in [1.29, 1.82) is 0 Å². The standard InChI is InChI=1S/C20H26O7/c21-9-11-23-13-15-25-17-1-5-19(6-2-17)27-20-7-3-18(4-8-20)26-16-14-24-12-10-22/h1-8,21-22H,9-16H2. The molecule has 2 aromatic rings. The summed E-state index contributed by atoms with van der Waals surface area (Å²) >= 11 is 0. The van der Waals surface area contributed by atoms with Crippen LogP contribution in [0.4, 0.5) is 0 Å². The van der Waals surface area contributed by atoms with Crippen LogP contribution in [-0.2, 0) is 9.47 Å². The Morgan fingerprint density at radius 1 is 0.481 bits per heavy atom. The van der Waals surface area contributed by atoms with Gasteiger partial charge in [0.05, 0.1) is 39.6 Å². The molecule has 0 aromatic heterocycles. The molecule has 2 N–H and O–H groups in total. The topological polar surface area (TPSA) is 86.6 Å². The van der Waals surface area contributed by atoms with Crippen molar-refractivity contribution < 1.29 is 33.9 Å². The lowest BCUT2D eigenvalue weighted by atomic mass is 10.3. The van der Waals surface area contributed by atoms with E-state index in [1.807, 2.05) is 48.5 Å². The molecule has 2 aromatic carbocycles. The minimum Gasteiger partial charge on any atom is -0.491 e. The quantitative estimate of drug-likeness (QED) is 0.488. The van der Waals surface area contributed by atoms with Crippen LogP contribution in [0, 0.1) is 0 Å². The third kappa shape index (κ3) is 8.74. The molecule has 0 aliphatic rings. The first-order valence-electron chi connectivity index (χ1n) is 8.82. The van der Waals surface area contributed by atoms with E-state index in [0.29, 0.717) is 51.1 Å². The SMILES string of the molecule is OCCOCCOc1ccc(Oc2ccc(OCCOCCO)cc2)cc1. The number of ether oxygens (including phenoxy) is 5. The number of benzene rings is 2. The van der Waals surface area contributed by atoms with Crippen LogP contribution in [0.3, 0.4) is 0 Å². The molecule has 7 heteroatoms. The Bertz CT molecular complexity index is 558. The maximum absolute atomic E-state index is 8.62. The van der Waals surface area contributed by atoms with Crippen LogP contribution in [-0.4, -0.2) is 63.1 Å². The van der Waals surface area contributed by atoms with Crippen molar-refractivity contribution in [2.45, 2.75) is 0 Å². The van der Waals surface area contributed by atoms with E-state index in [-0.39, 0.29) is 13.2 Å². The Morgan fingerprint density at radius 3 is 1.22 bits per heavy atom. The Kier molecular flexibility index (Phi) is 10.1. The minimum absolute atomic E-state index is 0.0121. The van der Waals surface area contributed by atoms with Gasteiger partial charge in [-0.1, -0.05) is 0 Å². The van der Waals surface area contributed by atoms with Crippen LogP contribution in [0.1, 0.15) is 0 Å². The van der Waals surface area contributed by atoms with E-state index < -0.39 is 0 Å². The van der Waals surface area contributed by atoms with Crippen molar-refractivity contribution in [3.63, 3.8) is 0 Å². The van der Waals surface area contributed by atoms with Gasteiger partial charge in [0.1, 0.15) is 36.2 Å². The molecule has 0 aliphatic carbocycles. The molecular weight excluding hydrogens is 352 g/mol. The maximum Gasteiger partial charge on any atom is 0.127 e. The predicted molar refractivity (Wildman–Crippen MR) is 99.8 cm³/mol. The Morgan fingerprint density at radius 2 is 0.852 bits per heavy atom. The molecule has 0 bridgehead atoms. The average Bonchev–Trinajstić information content (AvgIpc) is 2.70. The third-order valence-corrected chi connectivity index (χ3v) is 3.35. The van der Waals surface area contributed by atoms with Gasteiger partial charge >= 0.3 is 0 Å². The lowest BCUT2D eigenvalue weighted by molar-refractivity contribution is 0.0705. The minimum atomic E-state index is 0.0121. The molecule has 0 radical (unpaired) electrons. The molecule has 2 rings (SSSR count). The normalized spacial score (nSPS) is 10.6. The molecule has 0 fully saturated rings. The highest BCUT2D eigenvalue weighted by Crippen LogP contribution is 2.25. The van der Waals surface area contributed by atoms with Crippen molar-refractivity contribution in [2.24, 2.45) is 0 Å². The zero-order valence-electron chi connectivity index (χ0n) is 15.2. The lowest BCUT2D eigenvalue weighted by Gasteiger charge is -2.10. The van der Waals surface area contributed by atoms with Gasteiger partial charge < -0.3 is 33.9 Å². The smallest absolute Gasteiger partial charge is 0.127 e. The van der Waals surface area contributed by atoms with Crippen molar-refractivity contribution in [2.75, 3.05) is 52.9 Å². The number of hydrogen-bond acceptors (Lipinski definition) is 7.